The van der Waals surface area contributed by atoms with Crippen molar-refractivity contribution >= 4 is 17.4 Å². The van der Waals surface area contributed by atoms with Crippen LogP contribution in [0.1, 0.15) is 34.1 Å². The van der Waals surface area contributed by atoms with Gasteiger partial charge in [0.2, 0.25) is 0 Å². The van der Waals surface area contributed by atoms with E-state index in [2.05, 4.69) is 0 Å². The number of aliphatic hydroxyl groups excluding tert-OH is 1. The number of phenolic OH excluding ortho intramolecular Hbond substituents is 1. The molecule has 0 radical (unpaired) electrons. The number of ether oxygens (including phenoxy) is 1. The second kappa shape index (κ2) is 10.1. The molecule has 1 atom stereocenters. The summed E-state index contributed by atoms with van der Waals surface area (Å²) in [6, 6.07) is 23.4. The largest absolute Gasteiger partial charge is 0.508 e. The van der Waals surface area contributed by atoms with Gasteiger partial charge in [0.05, 0.1) is 24.4 Å². The third-order valence-corrected chi connectivity index (χ3v) is 6.42. The quantitative estimate of drug-likeness (QED) is 0.200. The summed E-state index contributed by atoms with van der Waals surface area (Å²) in [5.41, 5.74) is 2.99. The van der Waals surface area contributed by atoms with E-state index in [1.54, 1.807) is 48.5 Å². The highest BCUT2D eigenvalue weighted by Gasteiger charge is 2.46. The molecule has 1 fully saturated rings. The topological polar surface area (TPSA) is 100 Å². The Kier molecular flexibility index (Phi) is 6.51. The van der Waals surface area contributed by atoms with Gasteiger partial charge in [-0.05, 0) is 72.1 Å². The Morgan fingerprint density at radius 2 is 1.76 bits per heavy atom. The predicted octanol–water partition coefficient (Wildman–Crippen LogP) is 5.49. The van der Waals surface area contributed by atoms with Gasteiger partial charge < -0.3 is 24.3 Å². The lowest BCUT2D eigenvalue weighted by Gasteiger charge is -2.24. The number of likely N-dealkylation sites (tertiary alicyclic amines) is 1. The molecule has 1 aromatic heterocycles. The van der Waals surface area contributed by atoms with Crippen LogP contribution in [-0.4, -0.2) is 26.8 Å². The number of Topliss-reactive ketones (excluding diaryl/α,β-unsaturated/α-hetero) is 1. The fraction of sp³-hybridized carbons (Fsp3) is 0.133. The number of phenols is 1. The van der Waals surface area contributed by atoms with Crippen LogP contribution >= 0.6 is 0 Å². The smallest absolute Gasteiger partial charge is 0.296 e. The second-order valence-corrected chi connectivity index (χ2v) is 8.84. The lowest BCUT2D eigenvalue weighted by Crippen LogP contribution is -2.29. The normalized spacial score (nSPS) is 16.8. The van der Waals surface area contributed by atoms with Crippen molar-refractivity contribution in [3.63, 3.8) is 0 Å². The van der Waals surface area contributed by atoms with E-state index >= 15 is 0 Å². The van der Waals surface area contributed by atoms with Crippen LogP contribution in [0, 0.1) is 6.92 Å². The lowest BCUT2D eigenvalue weighted by molar-refractivity contribution is -0.140. The average Bonchev–Trinajstić information content (AvgIpc) is 3.50. The van der Waals surface area contributed by atoms with Crippen molar-refractivity contribution in [1.29, 1.82) is 0 Å². The highest BCUT2D eigenvalue weighted by Crippen LogP contribution is 2.41. The Labute approximate surface area is 213 Å². The van der Waals surface area contributed by atoms with Gasteiger partial charge in [0.25, 0.3) is 11.7 Å². The van der Waals surface area contributed by atoms with Crippen molar-refractivity contribution in [2.75, 3.05) is 0 Å². The van der Waals surface area contributed by atoms with E-state index in [1.165, 1.54) is 23.3 Å². The fourth-order valence-corrected chi connectivity index (χ4v) is 4.45. The van der Waals surface area contributed by atoms with Gasteiger partial charge in [-0.25, -0.2) is 0 Å². The predicted molar refractivity (Wildman–Crippen MR) is 137 cm³/mol. The molecule has 186 valence electrons. The van der Waals surface area contributed by atoms with E-state index in [1.807, 2.05) is 31.2 Å². The number of aryl methyl sites for hydroxylation is 1. The third-order valence-electron chi connectivity index (χ3n) is 6.42. The number of ketones is 1. The molecule has 1 saturated heterocycles. The summed E-state index contributed by atoms with van der Waals surface area (Å²) in [4.78, 5) is 27.5. The molecule has 7 nitrogen and oxygen atoms in total. The van der Waals surface area contributed by atoms with E-state index in [0.29, 0.717) is 29.2 Å². The zero-order valence-corrected chi connectivity index (χ0v) is 20.1. The van der Waals surface area contributed by atoms with Crippen LogP contribution in [0.25, 0.3) is 5.76 Å². The monoisotopic (exact) mass is 495 g/mol. The molecule has 2 heterocycles. The number of benzene rings is 3. The number of aliphatic hydroxyl groups is 1. The average molecular weight is 496 g/mol. The Hall–Kier alpha value is -4.78. The van der Waals surface area contributed by atoms with Gasteiger partial charge in [0.1, 0.15) is 29.6 Å². The number of rotatable bonds is 7. The molecule has 5 rings (SSSR count). The highest BCUT2D eigenvalue weighted by molar-refractivity contribution is 6.46. The second-order valence-electron chi connectivity index (χ2n) is 8.84. The lowest BCUT2D eigenvalue weighted by atomic mass is 9.95. The minimum Gasteiger partial charge on any atom is -0.508 e. The van der Waals surface area contributed by atoms with E-state index < -0.39 is 17.7 Å². The summed E-state index contributed by atoms with van der Waals surface area (Å²) in [5.74, 6) is -0.804. The Morgan fingerprint density at radius 1 is 0.973 bits per heavy atom. The zero-order valence-electron chi connectivity index (χ0n) is 20.1. The molecule has 0 aliphatic carbocycles. The van der Waals surface area contributed by atoms with Gasteiger partial charge in [-0.3, -0.25) is 9.59 Å². The van der Waals surface area contributed by atoms with Crippen molar-refractivity contribution < 1.29 is 29.0 Å². The molecule has 7 heteroatoms. The van der Waals surface area contributed by atoms with Gasteiger partial charge in [-0.1, -0.05) is 36.4 Å². The van der Waals surface area contributed by atoms with Gasteiger partial charge in [-0.2, -0.15) is 0 Å². The molecule has 0 bridgehead atoms. The molecule has 1 aliphatic rings. The van der Waals surface area contributed by atoms with E-state index in [0.717, 1.165) is 11.1 Å². The van der Waals surface area contributed by atoms with Crippen LogP contribution in [0.5, 0.6) is 11.5 Å². The van der Waals surface area contributed by atoms with Crippen LogP contribution in [0.4, 0.5) is 0 Å². The van der Waals surface area contributed by atoms with E-state index in [9.17, 15) is 19.8 Å². The first kappa shape index (κ1) is 23.9. The van der Waals surface area contributed by atoms with Crippen LogP contribution < -0.4 is 4.74 Å². The van der Waals surface area contributed by atoms with E-state index in [-0.39, 0.29) is 23.6 Å². The molecule has 0 spiro atoms. The number of furan rings is 1. The van der Waals surface area contributed by atoms with Gasteiger partial charge in [0, 0.05) is 5.56 Å². The highest BCUT2D eigenvalue weighted by atomic mass is 16.5. The number of carbonyl (C=O) groups excluding carboxylic acids is 2. The first-order valence-electron chi connectivity index (χ1n) is 11.8. The van der Waals surface area contributed by atoms with Gasteiger partial charge in [-0.15, -0.1) is 0 Å². The molecule has 3 aromatic carbocycles. The van der Waals surface area contributed by atoms with Crippen LogP contribution in [0.3, 0.4) is 0 Å². The number of amides is 1. The Morgan fingerprint density at radius 3 is 2.46 bits per heavy atom. The minimum atomic E-state index is -0.908. The Bertz CT molecular complexity index is 1470. The number of carbonyl (C=O) groups is 2. The maximum absolute atomic E-state index is 13.2. The Balaban J connectivity index is 1.47. The molecule has 4 aromatic rings. The van der Waals surface area contributed by atoms with Gasteiger partial charge in [0.15, 0.2) is 0 Å². The zero-order chi connectivity index (χ0) is 25.9. The summed E-state index contributed by atoms with van der Waals surface area (Å²) < 4.78 is 11.3. The van der Waals surface area contributed by atoms with Crippen LogP contribution in [-0.2, 0) is 22.7 Å². The fourth-order valence-electron chi connectivity index (χ4n) is 4.45. The number of nitrogens with zero attached hydrogens (tertiary/aromatic N) is 1. The number of hydrogen-bond donors (Lipinski definition) is 2. The molecule has 2 N–H and O–H groups in total. The number of aromatic hydroxyl groups is 1. The maximum atomic E-state index is 13.2. The van der Waals surface area contributed by atoms with Crippen molar-refractivity contribution in [2.24, 2.45) is 0 Å². The molecule has 1 aliphatic heterocycles. The van der Waals surface area contributed by atoms with Crippen molar-refractivity contribution in [1.82, 2.24) is 4.90 Å². The first-order valence-corrected chi connectivity index (χ1v) is 11.8. The molecular formula is C30H25NO6. The van der Waals surface area contributed by atoms with Crippen LogP contribution in [0.15, 0.2) is 101 Å². The summed E-state index contributed by atoms with van der Waals surface area (Å²) in [6.07, 6.45) is 1.48. The summed E-state index contributed by atoms with van der Waals surface area (Å²) >= 11 is 0. The molecule has 0 unspecified atom stereocenters. The summed E-state index contributed by atoms with van der Waals surface area (Å²) in [6.45, 7) is 2.44. The van der Waals surface area contributed by atoms with Crippen molar-refractivity contribution in [3.05, 3.63) is 125 Å². The minimum absolute atomic E-state index is 0.0174. The molecule has 1 amide bonds. The molecule has 37 heavy (non-hydrogen) atoms. The van der Waals surface area contributed by atoms with Gasteiger partial charge >= 0.3 is 0 Å². The van der Waals surface area contributed by atoms with Crippen molar-refractivity contribution in [3.8, 4) is 11.5 Å². The first-order chi connectivity index (χ1) is 17.9. The molecule has 0 saturated carbocycles. The molecular weight excluding hydrogens is 470 g/mol. The standard InChI is InChI=1S/C30H25NO6/c1-19-6-2-3-7-22(19)18-37-24-13-11-20(12-14-24)28(33)26-27(21-8-4-9-23(32)16-21)31(30(35)29(26)34)17-25-10-5-15-36-25/h2-16,27,32-33H,17-18H2,1H3/t27-/m0/s1. The maximum Gasteiger partial charge on any atom is 0.296 e. The summed E-state index contributed by atoms with van der Waals surface area (Å²) in [5, 5.41) is 21.3. The number of hydrogen-bond acceptors (Lipinski definition) is 6. The summed E-state index contributed by atoms with van der Waals surface area (Å²) in [7, 11) is 0. The third kappa shape index (κ3) is 4.84. The van der Waals surface area contributed by atoms with Crippen LogP contribution in [0.2, 0.25) is 0 Å². The van der Waals surface area contributed by atoms with Crippen molar-refractivity contribution in [2.45, 2.75) is 26.1 Å². The SMILES string of the molecule is Cc1ccccc1COc1ccc(C(O)=C2C(=O)C(=O)N(Cc3ccco3)[C@H]2c2cccc(O)c2)cc1. The van der Waals surface area contributed by atoms with E-state index in [4.69, 9.17) is 9.15 Å².